The Morgan fingerprint density at radius 3 is 2.59 bits per heavy atom. The number of amides is 2. The summed E-state index contributed by atoms with van der Waals surface area (Å²) >= 11 is 6.20. The first kappa shape index (κ1) is 24.5. The van der Waals surface area contributed by atoms with Crippen molar-refractivity contribution >= 4 is 35.2 Å². The summed E-state index contributed by atoms with van der Waals surface area (Å²) in [6.45, 7) is 0.101. The zero-order valence-electron chi connectivity index (χ0n) is 19.9. The maximum atomic E-state index is 12.9. The molecule has 0 atom stereocenters. The molecule has 0 unspecified atom stereocenters. The van der Waals surface area contributed by atoms with E-state index in [9.17, 15) is 9.59 Å². The number of aliphatic hydroxyl groups is 1. The lowest BCUT2D eigenvalue weighted by molar-refractivity contribution is 0.0992. The van der Waals surface area contributed by atoms with E-state index in [0.717, 1.165) is 40.1 Å². The summed E-state index contributed by atoms with van der Waals surface area (Å²) in [5.41, 5.74) is 12.2. The van der Waals surface area contributed by atoms with Crippen LogP contribution in [0, 0.1) is 0 Å². The minimum atomic E-state index is -0.579. The lowest BCUT2D eigenvalue weighted by Gasteiger charge is -2.20. The number of aromatic nitrogens is 2. The fourth-order valence-electron chi connectivity index (χ4n) is 4.57. The molecule has 0 saturated carbocycles. The van der Waals surface area contributed by atoms with Gasteiger partial charge in [0, 0.05) is 23.4 Å². The van der Waals surface area contributed by atoms with Gasteiger partial charge in [0.15, 0.2) is 5.69 Å². The third-order valence-corrected chi connectivity index (χ3v) is 6.68. The summed E-state index contributed by atoms with van der Waals surface area (Å²) in [5, 5.41) is 16.9. The Balaban J connectivity index is 1.55. The van der Waals surface area contributed by atoms with Gasteiger partial charge in [0.25, 0.3) is 11.8 Å². The van der Waals surface area contributed by atoms with E-state index in [1.165, 1.54) is 0 Å². The van der Waals surface area contributed by atoms with Gasteiger partial charge < -0.3 is 16.2 Å². The van der Waals surface area contributed by atoms with Gasteiger partial charge in [-0.15, -0.1) is 0 Å². The molecule has 2 amide bonds. The first-order valence-corrected chi connectivity index (χ1v) is 12.3. The van der Waals surface area contributed by atoms with Gasteiger partial charge >= 0.3 is 0 Å². The van der Waals surface area contributed by atoms with E-state index in [1.807, 2.05) is 54.6 Å². The van der Waals surface area contributed by atoms with Crippen LogP contribution in [0.5, 0.6) is 0 Å². The first-order valence-electron chi connectivity index (χ1n) is 11.9. The topological polar surface area (TPSA) is 110 Å². The van der Waals surface area contributed by atoms with E-state index < -0.39 is 5.91 Å². The van der Waals surface area contributed by atoms with E-state index in [2.05, 4.69) is 10.4 Å². The summed E-state index contributed by atoms with van der Waals surface area (Å²) in [6.07, 6.45) is 5.79. The number of hydrogen-bond acceptors (Lipinski definition) is 4. The zero-order valence-corrected chi connectivity index (χ0v) is 20.7. The van der Waals surface area contributed by atoms with Gasteiger partial charge in [-0.05, 0) is 66.8 Å². The lowest BCUT2D eigenvalue weighted by Crippen LogP contribution is -2.15. The second-order valence-corrected chi connectivity index (χ2v) is 9.17. The van der Waals surface area contributed by atoms with Crippen molar-refractivity contribution in [3.63, 3.8) is 0 Å². The van der Waals surface area contributed by atoms with Crippen LogP contribution in [-0.4, -0.2) is 33.3 Å². The van der Waals surface area contributed by atoms with E-state index in [4.69, 9.17) is 22.4 Å². The quantitative estimate of drug-likeness (QED) is 0.322. The van der Waals surface area contributed by atoms with Gasteiger partial charge in [-0.25, -0.2) is 4.68 Å². The summed E-state index contributed by atoms with van der Waals surface area (Å²) in [6, 6.07) is 20.4. The zero-order chi connectivity index (χ0) is 25.9. The molecule has 4 aromatic rings. The summed E-state index contributed by atoms with van der Waals surface area (Å²) in [7, 11) is 0. The third-order valence-electron chi connectivity index (χ3n) is 6.35. The Morgan fingerprint density at radius 1 is 1.08 bits per heavy atom. The Morgan fingerprint density at radius 2 is 1.86 bits per heavy atom. The largest absolute Gasteiger partial charge is 0.396 e. The predicted molar refractivity (Wildman–Crippen MR) is 145 cm³/mol. The van der Waals surface area contributed by atoms with Crippen LogP contribution in [0.2, 0.25) is 5.02 Å². The number of nitrogens with two attached hydrogens (primary N) is 1. The van der Waals surface area contributed by atoms with Crippen LogP contribution in [0.3, 0.4) is 0 Å². The molecule has 5 rings (SSSR count). The molecule has 1 heterocycles. The van der Waals surface area contributed by atoms with Crippen molar-refractivity contribution in [2.45, 2.75) is 19.3 Å². The molecular weight excluding hydrogens is 488 g/mol. The van der Waals surface area contributed by atoms with Crippen LogP contribution in [0.1, 0.15) is 44.0 Å². The predicted octanol–water partition coefficient (Wildman–Crippen LogP) is 5.04. The van der Waals surface area contributed by atoms with Crippen LogP contribution in [0.4, 0.5) is 5.69 Å². The smallest absolute Gasteiger partial charge is 0.269 e. The van der Waals surface area contributed by atoms with Crippen LogP contribution in [-0.2, 0) is 12.8 Å². The maximum absolute atomic E-state index is 12.9. The molecule has 3 aromatic carbocycles. The van der Waals surface area contributed by atoms with Gasteiger partial charge in [-0.2, -0.15) is 5.10 Å². The number of carbonyl (C=O) groups is 2. The van der Waals surface area contributed by atoms with Gasteiger partial charge in [0.1, 0.15) is 0 Å². The minimum Gasteiger partial charge on any atom is -0.396 e. The number of aryl methyl sites for hydroxylation is 1. The van der Waals surface area contributed by atoms with Crippen molar-refractivity contribution in [2.24, 2.45) is 5.73 Å². The number of benzene rings is 3. The fourth-order valence-corrected chi connectivity index (χ4v) is 4.79. The Hall–Kier alpha value is -4.20. The number of fused-ring (bicyclic) bond motifs is 3. The van der Waals surface area contributed by atoms with Crippen LogP contribution in [0.15, 0.2) is 72.8 Å². The van der Waals surface area contributed by atoms with E-state index >= 15 is 0 Å². The Bertz CT molecular complexity index is 1520. The highest BCUT2D eigenvalue weighted by atomic mass is 35.5. The highest BCUT2D eigenvalue weighted by Gasteiger charge is 2.28. The summed E-state index contributed by atoms with van der Waals surface area (Å²) in [5.74, 6) is -0.886. The number of primary amides is 1. The molecule has 8 heteroatoms. The van der Waals surface area contributed by atoms with Crippen molar-refractivity contribution in [3.8, 4) is 16.9 Å². The highest BCUT2D eigenvalue weighted by molar-refractivity contribution is 6.34. The first-order chi connectivity index (χ1) is 18.0. The molecule has 186 valence electrons. The van der Waals surface area contributed by atoms with Crippen LogP contribution < -0.4 is 11.1 Å². The standard InChI is InChI=1S/C29H25ClN4O3/c30-25-7-2-1-6-22(25)29(37)32-20-12-10-19-11-15-23-26(28(31)36)33-34(27(23)24(19)17-20)21-13-8-18(9-14-21)5-3-4-16-35/h1-3,5-10,12-14,17,35H,4,11,15-16H2,(H2,31,36)(H,32,37). The van der Waals surface area contributed by atoms with Gasteiger partial charge in [-0.3, -0.25) is 9.59 Å². The van der Waals surface area contributed by atoms with Gasteiger partial charge in [0.2, 0.25) is 0 Å². The summed E-state index contributed by atoms with van der Waals surface area (Å²) < 4.78 is 1.74. The number of hydrogen-bond donors (Lipinski definition) is 3. The molecule has 0 radical (unpaired) electrons. The molecule has 4 N–H and O–H groups in total. The lowest BCUT2D eigenvalue weighted by atomic mass is 9.88. The number of aliphatic hydroxyl groups excluding tert-OH is 1. The molecule has 0 saturated heterocycles. The molecular formula is C29H25ClN4O3. The normalized spacial score (nSPS) is 12.3. The minimum absolute atomic E-state index is 0.101. The third kappa shape index (κ3) is 4.91. The number of halogens is 1. The molecule has 0 aliphatic heterocycles. The van der Waals surface area contributed by atoms with Crippen molar-refractivity contribution < 1.29 is 14.7 Å². The van der Waals surface area contributed by atoms with Crippen LogP contribution >= 0.6 is 11.6 Å². The SMILES string of the molecule is NC(=O)c1nn(-c2ccc(C=CCCO)cc2)c2c1CCc1ccc(NC(=O)c3ccccc3Cl)cc1-2. The van der Waals surface area contributed by atoms with Crippen molar-refractivity contribution in [1.82, 2.24) is 9.78 Å². The van der Waals surface area contributed by atoms with Crippen LogP contribution in [0.25, 0.3) is 23.0 Å². The van der Waals surface area contributed by atoms with Crippen molar-refractivity contribution in [3.05, 3.63) is 106 Å². The highest BCUT2D eigenvalue weighted by Crippen LogP contribution is 2.38. The van der Waals surface area contributed by atoms with E-state index in [-0.39, 0.29) is 18.2 Å². The Labute approximate surface area is 219 Å². The molecule has 0 bridgehead atoms. The number of carbonyl (C=O) groups excluding carboxylic acids is 2. The maximum Gasteiger partial charge on any atom is 0.269 e. The molecule has 1 aliphatic carbocycles. The molecule has 1 aromatic heterocycles. The number of rotatable bonds is 7. The molecule has 0 spiro atoms. The van der Waals surface area contributed by atoms with E-state index in [0.29, 0.717) is 29.1 Å². The van der Waals surface area contributed by atoms with Gasteiger partial charge in [-0.1, -0.05) is 54.1 Å². The fraction of sp³-hybridized carbons (Fsp3) is 0.138. The van der Waals surface area contributed by atoms with Gasteiger partial charge in [0.05, 0.1) is 22.0 Å². The monoisotopic (exact) mass is 512 g/mol. The summed E-state index contributed by atoms with van der Waals surface area (Å²) in [4.78, 5) is 25.1. The number of nitrogens with one attached hydrogen (secondary N) is 1. The second-order valence-electron chi connectivity index (χ2n) is 8.76. The molecule has 0 fully saturated rings. The molecule has 37 heavy (non-hydrogen) atoms. The molecule has 1 aliphatic rings. The number of anilines is 1. The average Bonchev–Trinajstić information content (AvgIpc) is 3.30. The van der Waals surface area contributed by atoms with Crippen molar-refractivity contribution in [1.29, 1.82) is 0 Å². The average molecular weight is 513 g/mol. The van der Waals surface area contributed by atoms with E-state index in [1.54, 1.807) is 28.9 Å². The number of nitrogens with zero attached hydrogens (tertiary/aromatic N) is 2. The van der Waals surface area contributed by atoms with Crippen molar-refractivity contribution in [2.75, 3.05) is 11.9 Å². The molecule has 7 nitrogen and oxygen atoms in total. The Kier molecular flexibility index (Phi) is 6.90. The second kappa shape index (κ2) is 10.4.